The highest BCUT2D eigenvalue weighted by Gasteiger charge is 2.20. The van der Waals surface area contributed by atoms with Gasteiger partial charge in [-0.2, -0.15) is 0 Å². The Labute approximate surface area is 166 Å². The molecule has 0 spiro atoms. The van der Waals surface area contributed by atoms with Crippen molar-refractivity contribution in [1.82, 2.24) is 9.97 Å². The van der Waals surface area contributed by atoms with E-state index in [-0.39, 0.29) is 11.5 Å². The van der Waals surface area contributed by atoms with Crippen molar-refractivity contribution >= 4 is 34.3 Å². The largest absolute Gasteiger partial charge is 0.493 e. The van der Waals surface area contributed by atoms with Crippen molar-refractivity contribution in [3.63, 3.8) is 0 Å². The van der Waals surface area contributed by atoms with E-state index in [0.717, 1.165) is 0 Å². The standard InChI is InChI=1S/C20H21N3O4S/c1-4-17(19(25)21-12-9-10-15(26-2)16(11-12)27-3)28-20-22-14-8-6-5-7-13(14)18(24)23-20/h5-11,17H,4H2,1-3H3,(H,21,25)(H,22,23,24). The van der Waals surface area contributed by atoms with Crippen LogP contribution in [0.25, 0.3) is 10.9 Å². The fourth-order valence-corrected chi connectivity index (χ4v) is 3.62. The SMILES string of the molecule is CCC(Sc1nc2ccccc2c(=O)[nH]1)C(=O)Nc1ccc(OC)c(OC)c1. The highest BCUT2D eigenvalue weighted by Crippen LogP contribution is 2.30. The third-order valence-corrected chi connectivity index (χ3v) is 5.41. The lowest BCUT2D eigenvalue weighted by Gasteiger charge is -2.15. The summed E-state index contributed by atoms with van der Waals surface area (Å²) in [5, 5.41) is 3.39. The minimum atomic E-state index is -0.419. The maximum absolute atomic E-state index is 12.7. The molecule has 1 unspecified atom stereocenters. The summed E-state index contributed by atoms with van der Waals surface area (Å²) in [5.41, 5.74) is 0.980. The topological polar surface area (TPSA) is 93.3 Å². The third-order valence-electron chi connectivity index (χ3n) is 4.16. The number of H-pyrrole nitrogens is 1. The molecule has 3 rings (SSSR count). The molecule has 146 valence electrons. The average Bonchev–Trinajstić information content (AvgIpc) is 2.71. The highest BCUT2D eigenvalue weighted by atomic mass is 32.2. The number of aromatic amines is 1. The van der Waals surface area contributed by atoms with Crippen LogP contribution in [-0.4, -0.2) is 35.3 Å². The van der Waals surface area contributed by atoms with E-state index in [2.05, 4.69) is 15.3 Å². The Morgan fingerprint density at radius 3 is 2.64 bits per heavy atom. The minimum absolute atomic E-state index is 0.185. The average molecular weight is 399 g/mol. The summed E-state index contributed by atoms with van der Waals surface area (Å²) >= 11 is 1.23. The smallest absolute Gasteiger partial charge is 0.259 e. The molecule has 0 saturated heterocycles. The van der Waals surface area contributed by atoms with Gasteiger partial charge in [0.05, 0.1) is 30.4 Å². The number of methoxy groups -OCH3 is 2. The first kappa shape index (κ1) is 19.8. The molecule has 0 saturated carbocycles. The van der Waals surface area contributed by atoms with E-state index in [0.29, 0.717) is 39.7 Å². The second-order valence-electron chi connectivity index (χ2n) is 5.96. The van der Waals surface area contributed by atoms with Crippen LogP contribution in [0.3, 0.4) is 0 Å². The number of carbonyl (C=O) groups excluding carboxylic acids is 1. The highest BCUT2D eigenvalue weighted by molar-refractivity contribution is 8.00. The summed E-state index contributed by atoms with van der Waals surface area (Å²) in [6.45, 7) is 1.91. The van der Waals surface area contributed by atoms with E-state index in [4.69, 9.17) is 9.47 Å². The number of ether oxygens (including phenoxy) is 2. The zero-order valence-electron chi connectivity index (χ0n) is 15.8. The summed E-state index contributed by atoms with van der Waals surface area (Å²) < 4.78 is 10.5. The summed E-state index contributed by atoms with van der Waals surface area (Å²) in [6.07, 6.45) is 0.570. The summed E-state index contributed by atoms with van der Waals surface area (Å²) in [5.74, 6) is 0.928. The Balaban J connectivity index is 1.78. The summed E-state index contributed by atoms with van der Waals surface area (Å²) in [7, 11) is 3.09. The molecule has 1 atom stereocenters. The predicted molar refractivity (Wildman–Crippen MR) is 110 cm³/mol. The van der Waals surface area contributed by atoms with Crippen molar-refractivity contribution in [2.75, 3.05) is 19.5 Å². The van der Waals surface area contributed by atoms with Gasteiger partial charge in [0, 0.05) is 11.8 Å². The van der Waals surface area contributed by atoms with Gasteiger partial charge >= 0.3 is 0 Å². The number of fused-ring (bicyclic) bond motifs is 1. The maximum atomic E-state index is 12.7. The predicted octanol–water partition coefficient (Wildman–Crippen LogP) is 3.45. The molecule has 0 aliphatic carbocycles. The zero-order chi connectivity index (χ0) is 20.1. The van der Waals surface area contributed by atoms with Gasteiger partial charge < -0.3 is 19.8 Å². The quantitative estimate of drug-likeness (QED) is 0.467. The van der Waals surface area contributed by atoms with Crippen molar-refractivity contribution in [2.24, 2.45) is 0 Å². The number of para-hydroxylation sites is 1. The van der Waals surface area contributed by atoms with Crippen LogP contribution in [0.4, 0.5) is 5.69 Å². The minimum Gasteiger partial charge on any atom is -0.493 e. The van der Waals surface area contributed by atoms with Crippen LogP contribution in [0.5, 0.6) is 11.5 Å². The molecule has 0 fully saturated rings. The molecule has 0 aliphatic rings. The zero-order valence-corrected chi connectivity index (χ0v) is 16.6. The lowest BCUT2D eigenvalue weighted by Crippen LogP contribution is -2.25. The van der Waals surface area contributed by atoms with Crippen LogP contribution in [0.2, 0.25) is 0 Å². The van der Waals surface area contributed by atoms with Gasteiger partial charge in [-0.1, -0.05) is 30.8 Å². The van der Waals surface area contributed by atoms with Crippen LogP contribution in [0.1, 0.15) is 13.3 Å². The molecule has 8 heteroatoms. The first-order valence-electron chi connectivity index (χ1n) is 8.74. The first-order valence-corrected chi connectivity index (χ1v) is 9.62. The summed E-state index contributed by atoms with van der Waals surface area (Å²) in [4.78, 5) is 32.2. The molecule has 7 nitrogen and oxygen atoms in total. The number of rotatable bonds is 7. The number of nitrogens with zero attached hydrogens (tertiary/aromatic N) is 1. The van der Waals surface area contributed by atoms with E-state index in [9.17, 15) is 9.59 Å². The fourth-order valence-electron chi connectivity index (χ4n) is 2.71. The van der Waals surface area contributed by atoms with Crippen LogP contribution >= 0.6 is 11.8 Å². The Bertz CT molecular complexity index is 1050. The normalized spacial score (nSPS) is 11.8. The number of carbonyl (C=O) groups is 1. The van der Waals surface area contributed by atoms with Crippen molar-refractivity contribution in [1.29, 1.82) is 0 Å². The van der Waals surface area contributed by atoms with Gasteiger partial charge in [-0.3, -0.25) is 9.59 Å². The van der Waals surface area contributed by atoms with Gasteiger partial charge in [0.15, 0.2) is 16.7 Å². The van der Waals surface area contributed by atoms with Gasteiger partial charge in [-0.05, 0) is 30.7 Å². The molecule has 28 heavy (non-hydrogen) atoms. The number of hydrogen-bond donors (Lipinski definition) is 2. The molecule has 1 heterocycles. The fraction of sp³-hybridized carbons (Fsp3) is 0.250. The van der Waals surface area contributed by atoms with Gasteiger partial charge in [0.1, 0.15) is 0 Å². The van der Waals surface area contributed by atoms with E-state index in [1.807, 2.05) is 13.0 Å². The maximum Gasteiger partial charge on any atom is 0.259 e. The Morgan fingerprint density at radius 1 is 1.18 bits per heavy atom. The molecule has 0 radical (unpaired) electrons. The number of thioether (sulfide) groups is 1. The summed E-state index contributed by atoms with van der Waals surface area (Å²) in [6, 6.07) is 12.3. The van der Waals surface area contributed by atoms with Crippen molar-refractivity contribution in [3.05, 3.63) is 52.8 Å². The number of amides is 1. The molecule has 0 bridgehead atoms. The molecule has 2 aromatic carbocycles. The van der Waals surface area contributed by atoms with Crippen LogP contribution in [0, 0.1) is 0 Å². The van der Waals surface area contributed by atoms with Crippen molar-refractivity contribution in [3.8, 4) is 11.5 Å². The molecular weight excluding hydrogens is 378 g/mol. The number of hydrogen-bond acceptors (Lipinski definition) is 6. The Morgan fingerprint density at radius 2 is 1.93 bits per heavy atom. The lowest BCUT2D eigenvalue weighted by atomic mass is 10.2. The van der Waals surface area contributed by atoms with E-state index >= 15 is 0 Å². The number of nitrogens with one attached hydrogen (secondary N) is 2. The number of aromatic nitrogens is 2. The monoisotopic (exact) mass is 399 g/mol. The van der Waals surface area contributed by atoms with Gasteiger partial charge in [0.2, 0.25) is 5.91 Å². The first-order chi connectivity index (χ1) is 13.5. The van der Waals surface area contributed by atoms with Crippen molar-refractivity contribution < 1.29 is 14.3 Å². The Kier molecular flexibility index (Phi) is 6.20. The van der Waals surface area contributed by atoms with Crippen molar-refractivity contribution in [2.45, 2.75) is 23.8 Å². The number of benzene rings is 2. The molecule has 1 amide bonds. The van der Waals surface area contributed by atoms with E-state index in [1.165, 1.54) is 18.9 Å². The van der Waals surface area contributed by atoms with Gasteiger partial charge in [-0.25, -0.2) is 4.98 Å². The second-order valence-corrected chi connectivity index (χ2v) is 7.15. The van der Waals surface area contributed by atoms with E-state index < -0.39 is 5.25 Å². The second kappa shape index (κ2) is 8.79. The molecule has 2 N–H and O–H groups in total. The van der Waals surface area contributed by atoms with Crippen LogP contribution in [-0.2, 0) is 4.79 Å². The van der Waals surface area contributed by atoms with Crippen LogP contribution < -0.4 is 20.3 Å². The van der Waals surface area contributed by atoms with Gasteiger partial charge in [-0.15, -0.1) is 0 Å². The van der Waals surface area contributed by atoms with Crippen LogP contribution in [0.15, 0.2) is 52.4 Å². The number of anilines is 1. The molecule has 1 aromatic heterocycles. The Hall–Kier alpha value is -3.00. The molecular formula is C20H21N3O4S. The molecule has 0 aliphatic heterocycles. The lowest BCUT2D eigenvalue weighted by molar-refractivity contribution is -0.115. The third kappa shape index (κ3) is 4.28. The van der Waals surface area contributed by atoms with Gasteiger partial charge in [0.25, 0.3) is 5.56 Å². The molecule has 3 aromatic rings. The van der Waals surface area contributed by atoms with E-state index in [1.54, 1.807) is 43.5 Å².